The monoisotopic (exact) mass is 1340 g/mol. The lowest BCUT2D eigenvalue weighted by Gasteiger charge is -2.23. The molecule has 0 saturated carbocycles. The van der Waals surface area contributed by atoms with Gasteiger partial charge in [0.1, 0.15) is 43.4 Å². The van der Waals surface area contributed by atoms with Crippen molar-refractivity contribution >= 4 is 66.3 Å². The fraction of sp³-hybridized carbons (Fsp3) is 0.734. The van der Waals surface area contributed by atoms with Crippen LogP contribution >= 0.6 is 0 Å². The van der Waals surface area contributed by atoms with Gasteiger partial charge in [0, 0.05) is 32.1 Å². The normalized spacial score (nSPS) is 16.6. The summed E-state index contributed by atoms with van der Waals surface area (Å²) in [5, 5.41) is 15.5. The quantitative estimate of drug-likeness (QED) is 0.0239. The van der Waals surface area contributed by atoms with E-state index in [9.17, 15) is 52.7 Å². The van der Waals surface area contributed by atoms with Gasteiger partial charge in [-0.15, -0.1) is 0 Å². The molecule has 8 atom stereocenters. The Morgan fingerprint density at radius 2 is 0.904 bits per heavy atom. The average Bonchev–Trinajstić information content (AvgIpc) is 1.66. The fourth-order valence-corrected chi connectivity index (χ4v) is 9.10. The van der Waals surface area contributed by atoms with Crippen molar-refractivity contribution in [3.05, 3.63) is 35.9 Å². The lowest BCUT2D eigenvalue weighted by Crippen LogP contribution is -2.45. The minimum Gasteiger partial charge on any atom is -0.468 e. The zero-order valence-electron chi connectivity index (χ0n) is 56.4. The first-order chi connectivity index (χ1) is 44.9. The van der Waals surface area contributed by atoms with Crippen molar-refractivity contribution in [2.75, 3.05) is 93.3 Å². The Labute approximate surface area is 551 Å². The number of benzene rings is 1. The van der Waals surface area contributed by atoms with Crippen LogP contribution in [0.5, 0.6) is 0 Å². The molecular weight excluding hydrogens is 1240 g/mol. The van der Waals surface area contributed by atoms with Gasteiger partial charge in [0.25, 0.3) is 0 Å². The molecule has 6 N–H and O–H groups in total. The third kappa shape index (κ3) is 38.5. The fourth-order valence-electron chi connectivity index (χ4n) is 9.10. The lowest BCUT2D eigenvalue weighted by molar-refractivity contribution is -0.156. The molecule has 0 aromatic heterocycles. The molecule has 30 nitrogen and oxygen atoms in total. The maximum Gasteiger partial charge on any atom is 0.407 e. The van der Waals surface area contributed by atoms with Crippen LogP contribution in [0.3, 0.4) is 0 Å². The minimum atomic E-state index is -0.905. The second-order valence-electron chi connectivity index (χ2n) is 23.7. The van der Waals surface area contributed by atoms with E-state index >= 15 is 0 Å². The SMILES string of the molecule is CNCCCCC(NC(=O)OCCCOC(=O)NC(CC(C)C)C(=O)O[C@@H]1COC2C1OC[C@@H]2C)C(=O)OCc1ccccc1.COC(=O)CNC(=O)OCCCOC(=O)NC(CC(C)C)C(=O)OCCCCCCOC(=O)C(CC(C)C)NC(=O)OCCCOC(C)=O. The van der Waals surface area contributed by atoms with E-state index in [0.717, 1.165) is 18.5 Å². The van der Waals surface area contributed by atoms with E-state index in [2.05, 4.69) is 36.6 Å². The molecule has 2 aliphatic rings. The summed E-state index contributed by atoms with van der Waals surface area (Å²) in [7, 11) is 3.03. The number of rotatable bonds is 43. The Morgan fingerprint density at radius 3 is 1.36 bits per heavy atom. The Balaban J connectivity index is 0.000000642. The van der Waals surface area contributed by atoms with E-state index in [1.807, 2.05) is 85.8 Å². The molecule has 30 heteroatoms. The van der Waals surface area contributed by atoms with Crippen LogP contribution < -0.4 is 31.9 Å². The highest BCUT2D eigenvalue weighted by atomic mass is 16.6. The number of hydrogen-bond acceptors (Lipinski definition) is 25. The third-order valence-corrected chi connectivity index (χ3v) is 13.8. The van der Waals surface area contributed by atoms with E-state index in [1.54, 1.807) is 0 Å². The Bertz CT molecular complexity index is 2420. The molecule has 2 aliphatic heterocycles. The summed E-state index contributed by atoms with van der Waals surface area (Å²) < 4.78 is 67.8. The molecule has 5 amide bonds. The van der Waals surface area contributed by atoms with Crippen LogP contribution in [0.1, 0.15) is 144 Å². The average molecular weight is 1340 g/mol. The molecule has 0 spiro atoms. The van der Waals surface area contributed by atoms with E-state index < -0.39 is 96.6 Å². The van der Waals surface area contributed by atoms with Crippen molar-refractivity contribution in [2.45, 2.75) is 188 Å². The summed E-state index contributed by atoms with van der Waals surface area (Å²) in [4.78, 5) is 133. The summed E-state index contributed by atoms with van der Waals surface area (Å²) in [6.07, 6.45) is 1.40. The molecule has 3 rings (SSSR count). The molecule has 0 bridgehead atoms. The highest BCUT2D eigenvalue weighted by Crippen LogP contribution is 2.32. The van der Waals surface area contributed by atoms with Crippen LogP contribution in [0.4, 0.5) is 24.0 Å². The minimum absolute atomic E-state index is 0.0300. The highest BCUT2D eigenvalue weighted by Gasteiger charge is 2.48. The Morgan fingerprint density at radius 1 is 0.479 bits per heavy atom. The van der Waals surface area contributed by atoms with Crippen molar-refractivity contribution in [3.63, 3.8) is 0 Å². The van der Waals surface area contributed by atoms with Crippen LogP contribution in [0.25, 0.3) is 0 Å². The predicted molar refractivity (Wildman–Crippen MR) is 336 cm³/mol. The molecule has 0 radical (unpaired) electrons. The van der Waals surface area contributed by atoms with E-state index in [4.69, 9.17) is 56.8 Å². The lowest BCUT2D eigenvalue weighted by atomic mass is 10.0. The molecule has 2 saturated heterocycles. The number of carbonyl (C=O) groups is 11. The van der Waals surface area contributed by atoms with Gasteiger partial charge in [0.2, 0.25) is 0 Å². The largest absolute Gasteiger partial charge is 0.468 e. The van der Waals surface area contributed by atoms with Crippen LogP contribution in [0.15, 0.2) is 30.3 Å². The van der Waals surface area contributed by atoms with Crippen molar-refractivity contribution in [1.29, 1.82) is 0 Å². The zero-order chi connectivity index (χ0) is 69.6. The molecule has 1 aromatic rings. The zero-order valence-corrected chi connectivity index (χ0v) is 56.4. The van der Waals surface area contributed by atoms with Crippen molar-refractivity contribution in [2.24, 2.45) is 23.7 Å². The number of methoxy groups -OCH3 is 1. The molecule has 2 heterocycles. The summed E-state index contributed by atoms with van der Waals surface area (Å²) in [6, 6.07) is 5.75. The van der Waals surface area contributed by atoms with Gasteiger partial charge in [0.15, 0.2) is 6.10 Å². The predicted octanol–water partition coefficient (Wildman–Crippen LogP) is 6.25. The van der Waals surface area contributed by atoms with Crippen molar-refractivity contribution < 1.29 is 114 Å². The van der Waals surface area contributed by atoms with Gasteiger partial charge in [-0.1, -0.05) is 78.8 Å². The van der Waals surface area contributed by atoms with Gasteiger partial charge < -0.3 is 93.5 Å². The molecular formula is C64H104N6O24. The van der Waals surface area contributed by atoms with Crippen LogP contribution in [-0.4, -0.2) is 202 Å². The summed E-state index contributed by atoms with van der Waals surface area (Å²) >= 11 is 0. The van der Waals surface area contributed by atoms with E-state index in [0.29, 0.717) is 70.8 Å². The number of carbonyl (C=O) groups excluding carboxylic acids is 11. The third-order valence-electron chi connectivity index (χ3n) is 13.8. The first-order valence-corrected chi connectivity index (χ1v) is 32.4. The smallest absolute Gasteiger partial charge is 0.407 e. The summed E-state index contributed by atoms with van der Waals surface area (Å²) in [5.74, 6) is -2.78. The van der Waals surface area contributed by atoms with Crippen LogP contribution in [0, 0.1) is 23.7 Å². The molecule has 534 valence electrons. The molecule has 0 aliphatic carbocycles. The van der Waals surface area contributed by atoms with Gasteiger partial charge in [-0.2, -0.15) is 0 Å². The van der Waals surface area contributed by atoms with Gasteiger partial charge in [-0.3, -0.25) is 9.59 Å². The Kier molecular flexibility index (Phi) is 42.9. The molecule has 6 unspecified atom stereocenters. The molecule has 94 heavy (non-hydrogen) atoms. The van der Waals surface area contributed by atoms with E-state index in [-0.39, 0.29) is 121 Å². The number of esters is 6. The summed E-state index contributed by atoms with van der Waals surface area (Å²) in [5.41, 5.74) is 0.841. The van der Waals surface area contributed by atoms with Gasteiger partial charge >= 0.3 is 66.3 Å². The number of ether oxygens (including phenoxy) is 13. The van der Waals surface area contributed by atoms with Gasteiger partial charge in [-0.05, 0) is 101 Å². The number of amides is 5. The van der Waals surface area contributed by atoms with Gasteiger partial charge in [-0.25, -0.2) is 43.2 Å². The maximum atomic E-state index is 12.9. The molecule has 2 fully saturated rings. The first-order valence-electron chi connectivity index (χ1n) is 32.4. The Hall–Kier alpha value is -7.73. The second kappa shape index (κ2) is 48.9. The topological polar surface area (TPSA) is 380 Å². The maximum absolute atomic E-state index is 12.9. The first kappa shape index (κ1) is 82.4. The number of hydrogen-bond donors (Lipinski definition) is 6. The van der Waals surface area contributed by atoms with Crippen LogP contribution in [-0.2, 0) is 97.0 Å². The number of alkyl carbamates (subject to hydrolysis) is 5. The summed E-state index contributed by atoms with van der Waals surface area (Å²) in [6.45, 7) is 16.4. The van der Waals surface area contributed by atoms with Crippen molar-refractivity contribution in [1.82, 2.24) is 31.9 Å². The number of nitrogens with one attached hydrogen (secondary N) is 6. The second-order valence-corrected chi connectivity index (χ2v) is 23.7. The number of unbranched alkanes of at least 4 members (excludes halogenated alkanes) is 4. The van der Waals surface area contributed by atoms with Crippen molar-refractivity contribution in [3.8, 4) is 0 Å². The standard InChI is InChI=1S/C32H55N3O14.C32H49N3O10/c1-22(2)19-25(34-31(41)48-17-11-15-44-24(5)36)28(38)45-13-9-7-8-10-14-46-29(39)26(20-23(3)4)35-32(42)49-18-12-16-47-30(40)33-21-27(37)43-6;1-21(2)17-25(30(37)45-26-20-43-27-22(3)18-42-28(26)27)35-32(39)41-16-10-15-40-31(38)34-24(13-8-9-14-33-4)29(36)44-19-23-11-6-5-7-12-23/h22-23,25-26H,7-21H2,1-6H3,(H,33,40)(H,34,41)(H,35,42);5-7,11-12,21-22,24-28,33H,8-10,13-20H2,1-4H3,(H,34,38)(H,35,39)/t;22-,24?,25?,26+,27?,28?/m.0/s1. The number of fused-ring (bicyclic) bond motifs is 1. The van der Waals surface area contributed by atoms with Gasteiger partial charge in [0.05, 0.1) is 79.3 Å². The van der Waals surface area contributed by atoms with Crippen LogP contribution in [0.2, 0.25) is 0 Å². The van der Waals surface area contributed by atoms with E-state index in [1.165, 1.54) is 14.0 Å². The molecule has 1 aromatic carbocycles. The highest BCUT2D eigenvalue weighted by molar-refractivity contribution is 5.83.